The van der Waals surface area contributed by atoms with Gasteiger partial charge in [-0.2, -0.15) is 4.98 Å². The molecule has 3 rings (SSSR count). The number of carbonyl (C=O) groups is 1. The Balaban J connectivity index is 1.40. The normalized spacial score (nSPS) is 15.1. The first-order valence-corrected chi connectivity index (χ1v) is 9.41. The summed E-state index contributed by atoms with van der Waals surface area (Å²) in [5, 5.41) is 0. The van der Waals surface area contributed by atoms with Crippen LogP contribution in [0.25, 0.3) is 0 Å². The summed E-state index contributed by atoms with van der Waals surface area (Å²) >= 11 is 0. The quantitative estimate of drug-likeness (QED) is 0.798. The van der Waals surface area contributed by atoms with Gasteiger partial charge in [0, 0.05) is 44.1 Å². The minimum Gasteiger partial charge on any atom is -0.474 e. The van der Waals surface area contributed by atoms with Crippen LogP contribution in [0.4, 0.5) is 0 Å². The Hall–Kier alpha value is -2.43. The summed E-state index contributed by atoms with van der Waals surface area (Å²) in [5.74, 6) is 1.63. The number of hydrogen-bond donors (Lipinski definition) is 0. The number of ether oxygens (including phenoxy) is 1. The number of aryl methyl sites for hydroxylation is 3. The number of likely N-dealkylation sites (tertiary alicyclic amines) is 1. The summed E-state index contributed by atoms with van der Waals surface area (Å²) in [7, 11) is 0. The van der Waals surface area contributed by atoms with Crippen molar-refractivity contribution in [3.63, 3.8) is 0 Å². The second kappa shape index (κ2) is 8.79. The van der Waals surface area contributed by atoms with Gasteiger partial charge < -0.3 is 9.64 Å². The first-order chi connectivity index (χ1) is 12.6. The summed E-state index contributed by atoms with van der Waals surface area (Å²) in [5.41, 5.74) is 2.21. The van der Waals surface area contributed by atoms with Gasteiger partial charge in [0.2, 0.25) is 11.8 Å². The van der Waals surface area contributed by atoms with Gasteiger partial charge in [0.25, 0.3) is 0 Å². The van der Waals surface area contributed by atoms with Crippen LogP contribution in [0.5, 0.6) is 5.88 Å². The zero-order valence-electron chi connectivity index (χ0n) is 15.6. The van der Waals surface area contributed by atoms with E-state index in [4.69, 9.17) is 4.74 Å². The lowest BCUT2D eigenvalue weighted by molar-refractivity contribution is -0.133. The van der Waals surface area contributed by atoms with Crippen LogP contribution in [-0.2, 0) is 11.2 Å². The molecule has 0 unspecified atom stereocenters. The fourth-order valence-electron chi connectivity index (χ4n) is 3.38. The third-order valence-corrected chi connectivity index (χ3v) is 4.72. The van der Waals surface area contributed by atoms with Crippen LogP contribution in [-0.4, -0.2) is 40.0 Å². The van der Waals surface area contributed by atoms with E-state index in [1.165, 1.54) is 5.56 Å². The molecule has 5 heteroatoms. The Morgan fingerprint density at radius 1 is 1.15 bits per heavy atom. The number of hydrogen-bond acceptors (Lipinski definition) is 4. The van der Waals surface area contributed by atoms with E-state index in [2.05, 4.69) is 22.1 Å². The number of aromatic nitrogens is 2. The molecule has 1 saturated heterocycles. The molecule has 1 amide bonds. The highest BCUT2D eigenvalue weighted by atomic mass is 16.5. The summed E-state index contributed by atoms with van der Waals surface area (Å²) in [6.07, 6.45) is 4.30. The van der Waals surface area contributed by atoms with Crippen LogP contribution in [0, 0.1) is 13.8 Å². The van der Waals surface area contributed by atoms with Crippen LogP contribution in [0.15, 0.2) is 36.4 Å². The summed E-state index contributed by atoms with van der Waals surface area (Å²) in [6.45, 7) is 5.34. The van der Waals surface area contributed by atoms with Gasteiger partial charge in [0.05, 0.1) is 0 Å². The molecule has 0 radical (unpaired) electrons. The predicted octanol–water partition coefficient (Wildman–Crippen LogP) is 3.49. The van der Waals surface area contributed by atoms with Gasteiger partial charge in [0.15, 0.2) is 0 Å². The third kappa shape index (κ3) is 5.28. The van der Waals surface area contributed by atoms with E-state index in [0.717, 1.165) is 50.3 Å². The van der Waals surface area contributed by atoms with E-state index >= 15 is 0 Å². The average molecular weight is 353 g/mol. The van der Waals surface area contributed by atoms with Gasteiger partial charge in [-0.15, -0.1) is 0 Å². The fraction of sp³-hybridized carbons (Fsp3) is 0.476. The topological polar surface area (TPSA) is 55.3 Å². The van der Waals surface area contributed by atoms with Crippen molar-refractivity contribution in [1.29, 1.82) is 0 Å². The highest BCUT2D eigenvalue weighted by molar-refractivity contribution is 5.76. The minimum absolute atomic E-state index is 0.122. The standard InChI is InChI=1S/C21H27N3O2/c1-16-15-20(23-17(2)22-16)26-19-11-13-24(14-12-19)21(25)10-6-9-18-7-4-3-5-8-18/h3-5,7-8,15,19H,6,9-14H2,1-2H3. The lowest BCUT2D eigenvalue weighted by Crippen LogP contribution is -2.41. The number of amides is 1. The van der Waals surface area contributed by atoms with Crippen molar-refractivity contribution in [1.82, 2.24) is 14.9 Å². The first-order valence-electron chi connectivity index (χ1n) is 9.41. The summed E-state index contributed by atoms with van der Waals surface area (Å²) < 4.78 is 5.99. The van der Waals surface area contributed by atoms with E-state index in [1.807, 2.05) is 43.0 Å². The third-order valence-electron chi connectivity index (χ3n) is 4.72. The molecular weight excluding hydrogens is 326 g/mol. The van der Waals surface area contributed by atoms with Crippen molar-refractivity contribution in [3.05, 3.63) is 53.5 Å². The van der Waals surface area contributed by atoms with Crippen molar-refractivity contribution in [2.24, 2.45) is 0 Å². The molecule has 1 aromatic carbocycles. The van der Waals surface area contributed by atoms with Gasteiger partial charge in [-0.05, 0) is 32.3 Å². The molecule has 2 heterocycles. The van der Waals surface area contributed by atoms with Crippen LogP contribution >= 0.6 is 0 Å². The largest absolute Gasteiger partial charge is 0.474 e. The zero-order valence-corrected chi connectivity index (χ0v) is 15.6. The Bertz CT molecular complexity index is 705. The van der Waals surface area contributed by atoms with Gasteiger partial charge in [-0.3, -0.25) is 4.79 Å². The number of nitrogens with zero attached hydrogens (tertiary/aromatic N) is 3. The summed E-state index contributed by atoms with van der Waals surface area (Å²) in [4.78, 5) is 23.0. The first kappa shape index (κ1) is 18.4. The van der Waals surface area contributed by atoms with Crippen molar-refractivity contribution in [2.75, 3.05) is 13.1 Å². The average Bonchev–Trinajstić information content (AvgIpc) is 2.62. The Kier molecular flexibility index (Phi) is 6.21. The molecule has 0 spiro atoms. The Morgan fingerprint density at radius 2 is 1.88 bits per heavy atom. The van der Waals surface area contributed by atoms with Crippen molar-refractivity contribution < 1.29 is 9.53 Å². The molecule has 0 bridgehead atoms. The predicted molar refractivity (Wildman–Crippen MR) is 101 cm³/mol. The van der Waals surface area contributed by atoms with Crippen LogP contribution in [0.3, 0.4) is 0 Å². The van der Waals surface area contributed by atoms with Crippen LogP contribution in [0.1, 0.15) is 42.8 Å². The number of piperidine rings is 1. The zero-order chi connectivity index (χ0) is 18.4. The second-order valence-corrected chi connectivity index (χ2v) is 6.93. The fourth-order valence-corrected chi connectivity index (χ4v) is 3.38. The molecular formula is C21H27N3O2. The number of carbonyl (C=O) groups excluding carboxylic acids is 1. The SMILES string of the molecule is Cc1cc(OC2CCN(C(=O)CCCc3ccccc3)CC2)nc(C)n1. The maximum atomic E-state index is 12.4. The van der Waals surface area contributed by atoms with E-state index in [9.17, 15) is 4.79 Å². The molecule has 1 aliphatic rings. The molecule has 5 nitrogen and oxygen atoms in total. The summed E-state index contributed by atoms with van der Waals surface area (Å²) in [6, 6.07) is 12.2. The molecule has 1 aliphatic heterocycles. The number of rotatable bonds is 6. The van der Waals surface area contributed by atoms with E-state index in [1.54, 1.807) is 0 Å². The molecule has 2 aromatic rings. The molecule has 0 aliphatic carbocycles. The number of benzene rings is 1. The highest BCUT2D eigenvalue weighted by Crippen LogP contribution is 2.19. The molecule has 1 fully saturated rings. The monoisotopic (exact) mass is 353 g/mol. The molecule has 138 valence electrons. The lowest BCUT2D eigenvalue weighted by Gasteiger charge is -2.32. The Labute approximate surface area is 155 Å². The minimum atomic E-state index is 0.122. The molecule has 0 saturated carbocycles. The van der Waals surface area contributed by atoms with Gasteiger partial charge >= 0.3 is 0 Å². The smallest absolute Gasteiger partial charge is 0.222 e. The van der Waals surface area contributed by atoms with E-state index in [-0.39, 0.29) is 12.0 Å². The lowest BCUT2D eigenvalue weighted by atomic mass is 10.1. The van der Waals surface area contributed by atoms with E-state index < -0.39 is 0 Å². The van der Waals surface area contributed by atoms with Crippen LogP contribution < -0.4 is 4.74 Å². The van der Waals surface area contributed by atoms with Crippen LogP contribution in [0.2, 0.25) is 0 Å². The molecule has 0 N–H and O–H groups in total. The van der Waals surface area contributed by atoms with Crippen molar-refractivity contribution >= 4 is 5.91 Å². The molecule has 0 atom stereocenters. The highest BCUT2D eigenvalue weighted by Gasteiger charge is 2.24. The van der Waals surface area contributed by atoms with E-state index in [0.29, 0.717) is 12.3 Å². The Morgan fingerprint density at radius 3 is 2.58 bits per heavy atom. The van der Waals surface area contributed by atoms with Crippen molar-refractivity contribution in [2.45, 2.75) is 52.1 Å². The second-order valence-electron chi connectivity index (χ2n) is 6.93. The maximum absolute atomic E-state index is 12.4. The van der Waals surface area contributed by atoms with Gasteiger partial charge in [0.1, 0.15) is 11.9 Å². The van der Waals surface area contributed by atoms with Crippen molar-refractivity contribution in [3.8, 4) is 5.88 Å². The van der Waals surface area contributed by atoms with Gasteiger partial charge in [-0.1, -0.05) is 30.3 Å². The molecule has 1 aromatic heterocycles. The van der Waals surface area contributed by atoms with Gasteiger partial charge in [-0.25, -0.2) is 4.98 Å². The molecule has 26 heavy (non-hydrogen) atoms. The maximum Gasteiger partial charge on any atom is 0.222 e.